The molecule has 2 aromatic rings. The first-order chi connectivity index (χ1) is 9.49. The second-order valence-electron chi connectivity index (χ2n) is 5.83. The second-order valence-corrected chi connectivity index (χ2v) is 6.77. The van der Waals surface area contributed by atoms with Crippen LogP contribution in [-0.2, 0) is 18.6 Å². The van der Waals surface area contributed by atoms with Crippen LogP contribution in [0.3, 0.4) is 0 Å². The van der Waals surface area contributed by atoms with Gasteiger partial charge in [0.1, 0.15) is 17.4 Å². The zero-order valence-electron chi connectivity index (χ0n) is 12.6. The summed E-state index contributed by atoms with van der Waals surface area (Å²) in [6.07, 6.45) is 0. The van der Waals surface area contributed by atoms with E-state index in [9.17, 15) is 0 Å². The molecule has 2 rings (SSSR count). The zero-order valence-corrected chi connectivity index (χ0v) is 13.4. The lowest BCUT2D eigenvalue weighted by atomic mass is 9.87. The molecular weight excluding hydrogens is 268 g/mol. The van der Waals surface area contributed by atoms with Crippen LogP contribution in [-0.4, -0.2) is 12.0 Å². The summed E-state index contributed by atoms with van der Waals surface area (Å²) in [6.45, 7) is 7.96. The van der Waals surface area contributed by atoms with Crippen LogP contribution in [0, 0.1) is 0 Å². The molecule has 20 heavy (non-hydrogen) atoms. The lowest BCUT2D eigenvalue weighted by Gasteiger charge is -2.19. The maximum absolute atomic E-state index is 5.77. The van der Waals surface area contributed by atoms with E-state index in [-0.39, 0.29) is 5.41 Å². The van der Waals surface area contributed by atoms with Crippen LogP contribution in [0.15, 0.2) is 29.6 Å². The highest BCUT2D eigenvalue weighted by atomic mass is 32.1. The van der Waals surface area contributed by atoms with Crippen LogP contribution >= 0.6 is 11.3 Å². The molecule has 0 atom stereocenters. The normalized spacial score (nSPS) is 11.6. The van der Waals surface area contributed by atoms with Gasteiger partial charge in [-0.3, -0.25) is 0 Å². The maximum atomic E-state index is 5.77. The topological polar surface area (TPSA) is 34.2 Å². The summed E-state index contributed by atoms with van der Waals surface area (Å²) >= 11 is 1.66. The predicted molar refractivity (Wildman–Crippen MR) is 84.4 cm³/mol. The predicted octanol–water partition coefficient (Wildman–Crippen LogP) is 3.74. The molecule has 0 radical (unpaired) electrons. The minimum absolute atomic E-state index is 0.176. The number of thiazole rings is 1. The standard InChI is InChI=1S/C16H22N2OS/c1-16(2,3)12-5-7-14(8-6-12)19-10-13-11-20-15(18-13)9-17-4/h5-8,11,17H,9-10H2,1-4H3. The van der Waals surface area contributed by atoms with Gasteiger partial charge in [-0.2, -0.15) is 0 Å². The lowest BCUT2D eigenvalue weighted by Crippen LogP contribution is -2.10. The number of ether oxygens (including phenoxy) is 1. The van der Waals surface area contributed by atoms with E-state index in [1.165, 1.54) is 5.56 Å². The largest absolute Gasteiger partial charge is 0.487 e. The summed E-state index contributed by atoms with van der Waals surface area (Å²) < 4.78 is 5.77. The van der Waals surface area contributed by atoms with Gasteiger partial charge < -0.3 is 10.1 Å². The first kappa shape index (κ1) is 15.0. The van der Waals surface area contributed by atoms with Gasteiger partial charge in [0.2, 0.25) is 0 Å². The summed E-state index contributed by atoms with van der Waals surface area (Å²) in [5.41, 5.74) is 2.48. The average Bonchev–Trinajstić information content (AvgIpc) is 2.84. The molecule has 1 heterocycles. The number of rotatable bonds is 5. The van der Waals surface area contributed by atoms with E-state index in [2.05, 4.69) is 48.6 Å². The Morgan fingerprint density at radius 1 is 1.20 bits per heavy atom. The van der Waals surface area contributed by atoms with Crippen molar-refractivity contribution in [2.75, 3.05) is 7.05 Å². The maximum Gasteiger partial charge on any atom is 0.131 e. The third-order valence-corrected chi connectivity index (χ3v) is 3.93. The number of nitrogens with one attached hydrogen (secondary N) is 1. The molecule has 0 aliphatic heterocycles. The van der Waals surface area contributed by atoms with E-state index >= 15 is 0 Å². The summed E-state index contributed by atoms with van der Waals surface area (Å²) in [5, 5.41) is 6.24. The smallest absolute Gasteiger partial charge is 0.131 e. The van der Waals surface area contributed by atoms with E-state index in [0.29, 0.717) is 6.61 Å². The van der Waals surface area contributed by atoms with Crippen molar-refractivity contribution in [3.05, 3.63) is 45.9 Å². The first-order valence-electron chi connectivity index (χ1n) is 6.80. The fourth-order valence-corrected chi connectivity index (χ4v) is 2.65. The van der Waals surface area contributed by atoms with Crippen molar-refractivity contribution in [3.63, 3.8) is 0 Å². The molecule has 108 valence electrons. The number of aromatic nitrogens is 1. The molecule has 0 amide bonds. The van der Waals surface area contributed by atoms with Crippen molar-refractivity contribution in [2.45, 2.75) is 39.3 Å². The molecular formula is C16H22N2OS. The van der Waals surface area contributed by atoms with Gasteiger partial charge in [-0.15, -0.1) is 11.3 Å². The van der Waals surface area contributed by atoms with Crippen LogP contribution in [0.4, 0.5) is 0 Å². The highest BCUT2D eigenvalue weighted by Gasteiger charge is 2.13. The molecule has 0 aliphatic rings. The monoisotopic (exact) mass is 290 g/mol. The fourth-order valence-electron chi connectivity index (χ4n) is 1.86. The van der Waals surface area contributed by atoms with Crippen LogP contribution in [0.5, 0.6) is 5.75 Å². The lowest BCUT2D eigenvalue weighted by molar-refractivity contribution is 0.301. The van der Waals surface area contributed by atoms with Crippen molar-refractivity contribution in [2.24, 2.45) is 0 Å². The quantitative estimate of drug-likeness (QED) is 0.911. The molecule has 0 saturated heterocycles. The molecule has 0 saturated carbocycles. The van der Waals surface area contributed by atoms with E-state index in [1.807, 2.05) is 19.2 Å². The Kier molecular flexibility index (Phi) is 4.78. The summed E-state index contributed by atoms with van der Waals surface area (Å²) in [6, 6.07) is 8.31. The van der Waals surface area contributed by atoms with Crippen LogP contribution < -0.4 is 10.1 Å². The van der Waals surface area contributed by atoms with Crippen molar-refractivity contribution >= 4 is 11.3 Å². The highest BCUT2D eigenvalue weighted by Crippen LogP contribution is 2.24. The van der Waals surface area contributed by atoms with E-state index < -0.39 is 0 Å². The molecule has 1 aromatic carbocycles. The van der Waals surface area contributed by atoms with E-state index in [0.717, 1.165) is 23.0 Å². The van der Waals surface area contributed by atoms with Gasteiger partial charge in [0, 0.05) is 11.9 Å². The van der Waals surface area contributed by atoms with Gasteiger partial charge in [-0.1, -0.05) is 32.9 Å². The molecule has 4 heteroatoms. The molecule has 1 N–H and O–H groups in total. The van der Waals surface area contributed by atoms with Gasteiger partial charge in [-0.25, -0.2) is 4.98 Å². The van der Waals surface area contributed by atoms with Crippen molar-refractivity contribution in [1.29, 1.82) is 0 Å². The summed E-state index contributed by atoms with van der Waals surface area (Å²) in [7, 11) is 1.92. The Hall–Kier alpha value is -1.39. The van der Waals surface area contributed by atoms with Crippen molar-refractivity contribution < 1.29 is 4.74 Å². The van der Waals surface area contributed by atoms with Crippen LogP contribution in [0.1, 0.15) is 37.0 Å². The Morgan fingerprint density at radius 3 is 2.50 bits per heavy atom. The third kappa shape index (κ3) is 4.05. The van der Waals surface area contributed by atoms with E-state index in [1.54, 1.807) is 11.3 Å². The summed E-state index contributed by atoms with van der Waals surface area (Å²) in [4.78, 5) is 4.50. The Bertz CT molecular complexity index is 540. The number of hydrogen-bond acceptors (Lipinski definition) is 4. The van der Waals surface area contributed by atoms with Crippen LogP contribution in [0.2, 0.25) is 0 Å². The fraction of sp³-hybridized carbons (Fsp3) is 0.438. The van der Waals surface area contributed by atoms with Crippen molar-refractivity contribution in [3.8, 4) is 5.75 Å². The van der Waals surface area contributed by atoms with E-state index in [4.69, 9.17) is 4.74 Å². The first-order valence-corrected chi connectivity index (χ1v) is 7.68. The molecule has 0 unspecified atom stereocenters. The molecule has 0 bridgehead atoms. The third-order valence-electron chi connectivity index (χ3n) is 3.03. The molecule has 0 spiro atoms. The molecule has 1 aromatic heterocycles. The molecule has 0 aliphatic carbocycles. The average molecular weight is 290 g/mol. The highest BCUT2D eigenvalue weighted by molar-refractivity contribution is 7.09. The number of benzene rings is 1. The zero-order chi connectivity index (χ0) is 14.6. The van der Waals surface area contributed by atoms with Gasteiger partial charge in [0.25, 0.3) is 0 Å². The SMILES string of the molecule is CNCc1nc(COc2ccc(C(C)(C)C)cc2)cs1. The minimum atomic E-state index is 0.176. The van der Waals surface area contributed by atoms with Gasteiger partial charge in [0.15, 0.2) is 0 Å². The Morgan fingerprint density at radius 2 is 1.90 bits per heavy atom. The number of hydrogen-bond donors (Lipinski definition) is 1. The number of nitrogens with zero attached hydrogens (tertiary/aromatic N) is 1. The van der Waals surface area contributed by atoms with Crippen LogP contribution in [0.25, 0.3) is 0 Å². The minimum Gasteiger partial charge on any atom is -0.487 e. The molecule has 3 nitrogen and oxygen atoms in total. The Labute approximate surface area is 125 Å². The summed E-state index contributed by atoms with van der Waals surface area (Å²) in [5.74, 6) is 0.890. The molecule has 0 fully saturated rings. The van der Waals surface area contributed by atoms with Gasteiger partial charge in [-0.05, 0) is 30.2 Å². The van der Waals surface area contributed by atoms with Crippen molar-refractivity contribution in [1.82, 2.24) is 10.3 Å². The van der Waals surface area contributed by atoms with Gasteiger partial charge in [0.05, 0.1) is 5.69 Å². The van der Waals surface area contributed by atoms with Gasteiger partial charge >= 0.3 is 0 Å². The second kappa shape index (κ2) is 6.37. The Balaban J connectivity index is 1.93.